The highest BCUT2D eigenvalue weighted by atomic mass is 16.5. The first-order valence-electron chi connectivity index (χ1n) is 6.73. The minimum absolute atomic E-state index is 0.106. The molecule has 0 amide bonds. The van der Waals surface area contributed by atoms with E-state index in [1.165, 1.54) is 31.4 Å². The van der Waals surface area contributed by atoms with Crippen molar-refractivity contribution >= 4 is 11.8 Å². The lowest BCUT2D eigenvalue weighted by atomic mass is 10.0. The van der Waals surface area contributed by atoms with E-state index < -0.39 is 5.97 Å². The first-order valence-corrected chi connectivity index (χ1v) is 6.73. The number of hydrogen-bond acceptors (Lipinski definition) is 4. The first-order chi connectivity index (χ1) is 10.5. The molecule has 2 aromatic carbocycles. The molecule has 22 heavy (non-hydrogen) atoms. The van der Waals surface area contributed by atoms with Gasteiger partial charge in [-0.15, -0.1) is 0 Å². The number of hydrogen-bond donors (Lipinski definition) is 2. The summed E-state index contributed by atoms with van der Waals surface area (Å²) < 4.78 is 4.97. The summed E-state index contributed by atoms with van der Waals surface area (Å²) >= 11 is 0. The largest absolute Gasteiger partial charge is 0.507 e. The summed E-state index contributed by atoms with van der Waals surface area (Å²) in [6, 6.07) is 10.9. The number of ketones is 1. The molecule has 0 radical (unpaired) electrons. The number of aryl methyl sites for hydroxylation is 1. The summed E-state index contributed by atoms with van der Waals surface area (Å²) in [6.45, 7) is 0. The van der Waals surface area contributed by atoms with E-state index in [2.05, 4.69) is 0 Å². The topological polar surface area (TPSA) is 83.8 Å². The monoisotopic (exact) mass is 300 g/mol. The van der Waals surface area contributed by atoms with Crippen molar-refractivity contribution in [1.29, 1.82) is 0 Å². The Kier molecular flexibility index (Phi) is 4.78. The molecule has 0 bridgehead atoms. The molecule has 0 spiro atoms. The molecule has 0 atom stereocenters. The maximum Gasteiger partial charge on any atom is 0.335 e. The number of carboxylic acids is 1. The van der Waals surface area contributed by atoms with Gasteiger partial charge in [0, 0.05) is 12.5 Å². The van der Waals surface area contributed by atoms with Crippen LogP contribution in [-0.2, 0) is 6.42 Å². The maximum absolute atomic E-state index is 12.1. The second kappa shape index (κ2) is 6.76. The molecule has 0 aliphatic heterocycles. The summed E-state index contributed by atoms with van der Waals surface area (Å²) in [5.74, 6) is -0.780. The molecule has 0 heterocycles. The molecule has 5 heteroatoms. The molecule has 5 nitrogen and oxygen atoms in total. The molecule has 2 aromatic rings. The van der Waals surface area contributed by atoms with Gasteiger partial charge in [0.2, 0.25) is 0 Å². The average molecular weight is 300 g/mol. The molecule has 0 aliphatic rings. The lowest BCUT2D eigenvalue weighted by molar-refractivity contribution is 0.0696. The van der Waals surface area contributed by atoms with Crippen molar-refractivity contribution in [2.75, 3.05) is 7.11 Å². The number of Topliss-reactive ketones (excluding diaryl/α,β-unsaturated/α-hetero) is 1. The van der Waals surface area contributed by atoms with Gasteiger partial charge in [-0.1, -0.05) is 12.1 Å². The lowest BCUT2D eigenvalue weighted by Gasteiger charge is -2.06. The van der Waals surface area contributed by atoms with Gasteiger partial charge in [0.1, 0.15) is 11.5 Å². The summed E-state index contributed by atoms with van der Waals surface area (Å²) in [5.41, 5.74) is 1.33. The predicted octanol–water partition coefficient (Wildman–Crippen LogP) is 2.91. The highest BCUT2D eigenvalue weighted by molar-refractivity contribution is 5.98. The quantitative estimate of drug-likeness (QED) is 0.801. The van der Waals surface area contributed by atoms with Gasteiger partial charge in [-0.25, -0.2) is 4.79 Å². The summed E-state index contributed by atoms with van der Waals surface area (Å²) in [7, 11) is 1.48. The Balaban J connectivity index is 2.02. The number of benzene rings is 2. The van der Waals surface area contributed by atoms with Crippen LogP contribution in [0.4, 0.5) is 0 Å². The van der Waals surface area contributed by atoms with Crippen LogP contribution in [0, 0.1) is 0 Å². The number of carbonyl (C=O) groups is 2. The summed E-state index contributed by atoms with van der Waals surface area (Å²) in [4.78, 5) is 22.9. The Labute approximate surface area is 127 Å². The summed E-state index contributed by atoms with van der Waals surface area (Å²) in [6.07, 6.45) is 0.705. The molecule has 0 saturated carbocycles. The minimum atomic E-state index is -0.981. The molecular weight excluding hydrogens is 284 g/mol. The van der Waals surface area contributed by atoms with Gasteiger partial charge in [-0.2, -0.15) is 0 Å². The number of phenols is 1. The number of ether oxygens (including phenoxy) is 1. The number of phenolic OH excluding ortho intramolecular Hbond substituents is 1. The number of aromatic hydroxyl groups is 1. The zero-order valence-corrected chi connectivity index (χ0v) is 12.1. The fraction of sp³-hybridized carbons (Fsp3) is 0.176. The minimum Gasteiger partial charge on any atom is -0.507 e. The Morgan fingerprint density at radius 2 is 1.77 bits per heavy atom. The van der Waals surface area contributed by atoms with Crippen molar-refractivity contribution in [3.05, 3.63) is 59.2 Å². The van der Waals surface area contributed by atoms with E-state index in [1.807, 2.05) is 0 Å². The third-order valence-corrected chi connectivity index (χ3v) is 3.35. The van der Waals surface area contributed by atoms with Crippen molar-refractivity contribution in [1.82, 2.24) is 0 Å². The molecule has 0 unspecified atom stereocenters. The molecule has 114 valence electrons. The van der Waals surface area contributed by atoms with E-state index in [9.17, 15) is 14.7 Å². The molecule has 2 N–H and O–H groups in total. The third-order valence-electron chi connectivity index (χ3n) is 3.35. The zero-order chi connectivity index (χ0) is 16.1. The van der Waals surface area contributed by atoms with Crippen molar-refractivity contribution < 1.29 is 24.5 Å². The van der Waals surface area contributed by atoms with Crippen molar-refractivity contribution in [3.63, 3.8) is 0 Å². The smallest absolute Gasteiger partial charge is 0.335 e. The Bertz CT molecular complexity index is 689. The van der Waals surface area contributed by atoms with Crippen LogP contribution in [0.3, 0.4) is 0 Å². The number of rotatable bonds is 6. The van der Waals surface area contributed by atoms with Gasteiger partial charge in [-0.05, 0) is 36.2 Å². The van der Waals surface area contributed by atoms with Crippen molar-refractivity contribution in [2.45, 2.75) is 12.8 Å². The number of carbonyl (C=O) groups excluding carboxylic acids is 1. The molecule has 0 fully saturated rings. The molecule has 0 aliphatic carbocycles. The SMILES string of the molecule is COc1ccc(C(=O)CCc2ccc(C(=O)O)cc2)c(O)c1. The number of methoxy groups -OCH3 is 1. The van der Waals surface area contributed by atoms with E-state index in [4.69, 9.17) is 9.84 Å². The van der Waals surface area contributed by atoms with Gasteiger partial charge in [-0.3, -0.25) is 4.79 Å². The summed E-state index contributed by atoms with van der Waals surface area (Å²) in [5, 5.41) is 18.6. The molecule has 2 rings (SSSR count). The molecule has 0 aromatic heterocycles. The van der Waals surface area contributed by atoms with Gasteiger partial charge in [0.05, 0.1) is 18.2 Å². The van der Waals surface area contributed by atoms with Crippen LogP contribution >= 0.6 is 0 Å². The number of carboxylic acid groups (broad SMARTS) is 1. The first kappa shape index (κ1) is 15.6. The second-order valence-corrected chi connectivity index (χ2v) is 4.81. The van der Waals surface area contributed by atoms with Crippen LogP contribution < -0.4 is 4.74 Å². The predicted molar refractivity (Wildman–Crippen MR) is 80.7 cm³/mol. The third kappa shape index (κ3) is 3.63. The van der Waals surface area contributed by atoms with Crippen LogP contribution in [0.5, 0.6) is 11.5 Å². The molecular formula is C17H16O5. The second-order valence-electron chi connectivity index (χ2n) is 4.81. The Hall–Kier alpha value is -2.82. The van der Waals surface area contributed by atoms with Gasteiger partial charge < -0.3 is 14.9 Å². The van der Waals surface area contributed by atoms with Crippen LogP contribution in [0.1, 0.15) is 32.7 Å². The zero-order valence-electron chi connectivity index (χ0n) is 12.1. The fourth-order valence-electron chi connectivity index (χ4n) is 2.08. The van der Waals surface area contributed by atoms with E-state index in [0.717, 1.165) is 5.56 Å². The standard InChI is InChI=1S/C17H16O5/c1-22-13-7-8-14(16(19)10-13)15(18)9-4-11-2-5-12(6-3-11)17(20)21/h2-3,5-8,10,19H,4,9H2,1H3,(H,20,21). The van der Waals surface area contributed by atoms with Crippen LogP contribution in [-0.4, -0.2) is 29.1 Å². The maximum atomic E-state index is 12.1. The Morgan fingerprint density at radius 1 is 1.09 bits per heavy atom. The normalized spacial score (nSPS) is 10.2. The molecule has 0 saturated heterocycles. The number of aromatic carboxylic acids is 1. The van der Waals surface area contributed by atoms with Crippen molar-refractivity contribution in [3.8, 4) is 11.5 Å². The van der Waals surface area contributed by atoms with E-state index in [0.29, 0.717) is 12.2 Å². The highest BCUT2D eigenvalue weighted by Crippen LogP contribution is 2.24. The van der Waals surface area contributed by atoms with Crippen molar-refractivity contribution in [2.24, 2.45) is 0 Å². The highest BCUT2D eigenvalue weighted by Gasteiger charge is 2.12. The van der Waals surface area contributed by atoms with Crippen LogP contribution in [0.2, 0.25) is 0 Å². The van der Waals surface area contributed by atoms with Crippen LogP contribution in [0.15, 0.2) is 42.5 Å². The van der Waals surface area contributed by atoms with E-state index in [1.54, 1.807) is 18.2 Å². The van der Waals surface area contributed by atoms with Gasteiger partial charge in [0.25, 0.3) is 0 Å². The van der Waals surface area contributed by atoms with E-state index >= 15 is 0 Å². The Morgan fingerprint density at radius 3 is 2.32 bits per heavy atom. The van der Waals surface area contributed by atoms with Crippen LogP contribution in [0.25, 0.3) is 0 Å². The van der Waals surface area contributed by atoms with Gasteiger partial charge >= 0.3 is 5.97 Å². The fourth-order valence-corrected chi connectivity index (χ4v) is 2.08. The van der Waals surface area contributed by atoms with E-state index in [-0.39, 0.29) is 29.1 Å². The average Bonchev–Trinajstić information content (AvgIpc) is 2.52. The van der Waals surface area contributed by atoms with Gasteiger partial charge in [0.15, 0.2) is 5.78 Å². The lowest BCUT2D eigenvalue weighted by Crippen LogP contribution is -2.02.